The first-order valence-corrected chi connectivity index (χ1v) is 6.08. The number of hydrogen-bond donors (Lipinski definition) is 2. The minimum atomic E-state index is -0.857. The molecule has 0 fully saturated rings. The van der Waals surface area contributed by atoms with Crippen LogP contribution in [0, 0.1) is 11.6 Å². The second-order valence-electron chi connectivity index (χ2n) is 3.82. The van der Waals surface area contributed by atoms with Crippen LogP contribution in [0.3, 0.4) is 0 Å². The Balaban J connectivity index is 2.29. The first-order chi connectivity index (χ1) is 8.97. The maximum atomic E-state index is 13.6. The van der Waals surface area contributed by atoms with E-state index in [0.717, 1.165) is 6.07 Å². The van der Waals surface area contributed by atoms with Crippen LogP contribution in [0.15, 0.2) is 40.9 Å². The molecule has 1 amide bonds. The van der Waals surface area contributed by atoms with Gasteiger partial charge in [-0.2, -0.15) is 0 Å². The molecule has 6 heteroatoms. The van der Waals surface area contributed by atoms with E-state index in [1.54, 1.807) is 18.2 Å². The zero-order valence-electron chi connectivity index (χ0n) is 9.58. The average Bonchev–Trinajstić information content (AvgIpc) is 2.33. The number of carbonyl (C=O) groups excluding carboxylic acids is 1. The van der Waals surface area contributed by atoms with Gasteiger partial charge in [0.2, 0.25) is 0 Å². The van der Waals surface area contributed by atoms with Gasteiger partial charge in [-0.15, -0.1) is 0 Å². The van der Waals surface area contributed by atoms with Crippen molar-refractivity contribution in [3.8, 4) is 0 Å². The lowest BCUT2D eigenvalue weighted by Crippen LogP contribution is -2.14. The molecule has 0 heterocycles. The predicted molar refractivity (Wildman–Crippen MR) is 72.9 cm³/mol. The number of rotatable bonds is 2. The second-order valence-corrected chi connectivity index (χ2v) is 4.68. The highest BCUT2D eigenvalue weighted by molar-refractivity contribution is 9.10. The van der Waals surface area contributed by atoms with Crippen molar-refractivity contribution in [3.05, 3.63) is 58.1 Å². The quantitative estimate of drug-likeness (QED) is 0.829. The molecule has 0 aliphatic rings. The van der Waals surface area contributed by atoms with Gasteiger partial charge in [-0.3, -0.25) is 4.79 Å². The largest absolute Gasteiger partial charge is 0.399 e. The van der Waals surface area contributed by atoms with Crippen molar-refractivity contribution in [1.82, 2.24) is 0 Å². The molecule has 0 unspecified atom stereocenters. The SMILES string of the molecule is Nc1cccc(C(=O)Nc2c(F)cc(F)cc2Br)c1. The van der Waals surface area contributed by atoms with Crippen molar-refractivity contribution < 1.29 is 13.6 Å². The Hall–Kier alpha value is -1.95. The van der Waals surface area contributed by atoms with Gasteiger partial charge in [0.25, 0.3) is 5.91 Å². The number of nitrogen functional groups attached to an aromatic ring is 1. The smallest absolute Gasteiger partial charge is 0.255 e. The van der Waals surface area contributed by atoms with Crippen LogP contribution < -0.4 is 11.1 Å². The van der Waals surface area contributed by atoms with Crippen molar-refractivity contribution in [3.63, 3.8) is 0 Å². The van der Waals surface area contributed by atoms with Gasteiger partial charge in [0.1, 0.15) is 5.82 Å². The van der Waals surface area contributed by atoms with E-state index in [9.17, 15) is 13.6 Å². The normalized spacial score (nSPS) is 10.3. The Bertz CT molecular complexity index is 623. The molecule has 0 aromatic heterocycles. The molecule has 2 aromatic carbocycles. The highest BCUT2D eigenvalue weighted by Crippen LogP contribution is 2.27. The van der Waals surface area contributed by atoms with Crippen molar-refractivity contribution in [2.45, 2.75) is 0 Å². The van der Waals surface area contributed by atoms with Crippen LogP contribution in [-0.4, -0.2) is 5.91 Å². The molecule has 19 heavy (non-hydrogen) atoms. The van der Waals surface area contributed by atoms with Crippen LogP contribution in [0.5, 0.6) is 0 Å². The highest BCUT2D eigenvalue weighted by Gasteiger charge is 2.14. The third kappa shape index (κ3) is 3.08. The molecule has 0 aliphatic heterocycles. The third-order valence-electron chi connectivity index (χ3n) is 2.39. The van der Waals surface area contributed by atoms with Gasteiger partial charge in [0.05, 0.1) is 5.69 Å². The van der Waals surface area contributed by atoms with Crippen molar-refractivity contribution >= 4 is 33.2 Å². The molecule has 0 saturated heterocycles. The predicted octanol–water partition coefficient (Wildman–Crippen LogP) is 3.56. The minimum Gasteiger partial charge on any atom is -0.399 e. The summed E-state index contributed by atoms with van der Waals surface area (Å²) in [6.07, 6.45) is 0. The van der Waals surface area contributed by atoms with Gasteiger partial charge in [0.15, 0.2) is 5.82 Å². The topological polar surface area (TPSA) is 55.1 Å². The van der Waals surface area contributed by atoms with Crippen molar-refractivity contribution in [2.75, 3.05) is 11.1 Å². The van der Waals surface area contributed by atoms with E-state index in [0.29, 0.717) is 11.8 Å². The first-order valence-electron chi connectivity index (χ1n) is 5.29. The molecule has 2 aromatic rings. The maximum Gasteiger partial charge on any atom is 0.255 e. The fraction of sp³-hybridized carbons (Fsp3) is 0. The fourth-order valence-corrected chi connectivity index (χ4v) is 2.03. The van der Waals surface area contributed by atoms with Gasteiger partial charge in [0, 0.05) is 21.8 Å². The lowest BCUT2D eigenvalue weighted by Gasteiger charge is -2.09. The van der Waals surface area contributed by atoms with E-state index in [1.165, 1.54) is 6.07 Å². The summed E-state index contributed by atoms with van der Waals surface area (Å²) in [5, 5.41) is 2.37. The molecule has 0 atom stereocenters. The van der Waals surface area contributed by atoms with E-state index in [2.05, 4.69) is 21.2 Å². The monoisotopic (exact) mass is 326 g/mol. The zero-order valence-corrected chi connectivity index (χ0v) is 11.2. The van der Waals surface area contributed by atoms with Gasteiger partial charge < -0.3 is 11.1 Å². The number of benzene rings is 2. The Morgan fingerprint density at radius 3 is 2.58 bits per heavy atom. The van der Waals surface area contributed by atoms with Crippen molar-refractivity contribution in [1.29, 1.82) is 0 Å². The fourth-order valence-electron chi connectivity index (χ4n) is 1.53. The second kappa shape index (κ2) is 5.36. The molecule has 0 saturated carbocycles. The average molecular weight is 327 g/mol. The molecule has 0 radical (unpaired) electrons. The number of amides is 1. The summed E-state index contributed by atoms with van der Waals surface area (Å²) >= 11 is 2.99. The number of hydrogen-bond acceptors (Lipinski definition) is 2. The Morgan fingerprint density at radius 1 is 1.21 bits per heavy atom. The summed E-state index contributed by atoms with van der Waals surface area (Å²) in [6.45, 7) is 0. The third-order valence-corrected chi connectivity index (χ3v) is 3.02. The van der Waals surface area contributed by atoms with Gasteiger partial charge in [-0.1, -0.05) is 6.07 Å². The van der Waals surface area contributed by atoms with E-state index >= 15 is 0 Å². The highest BCUT2D eigenvalue weighted by atomic mass is 79.9. The molecule has 98 valence electrons. The number of anilines is 2. The van der Waals surface area contributed by atoms with Gasteiger partial charge >= 0.3 is 0 Å². The summed E-state index contributed by atoms with van der Waals surface area (Å²) in [7, 11) is 0. The Labute approximate surface area is 116 Å². The number of halogens is 3. The summed E-state index contributed by atoms with van der Waals surface area (Å²) in [6, 6.07) is 8.01. The molecule has 0 bridgehead atoms. The minimum absolute atomic E-state index is 0.117. The van der Waals surface area contributed by atoms with Crippen LogP contribution in [0.2, 0.25) is 0 Å². The molecular weight excluding hydrogens is 318 g/mol. The van der Waals surface area contributed by atoms with Crippen LogP contribution in [0.4, 0.5) is 20.2 Å². The number of nitrogens with two attached hydrogens (primary N) is 1. The molecular formula is C13H9BrF2N2O. The molecule has 3 nitrogen and oxygen atoms in total. The lowest BCUT2D eigenvalue weighted by atomic mass is 10.2. The maximum absolute atomic E-state index is 13.6. The van der Waals surface area contributed by atoms with Crippen LogP contribution >= 0.6 is 15.9 Å². The molecule has 0 spiro atoms. The van der Waals surface area contributed by atoms with Crippen LogP contribution in [-0.2, 0) is 0 Å². The Morgan fingerprint density at radius 2 is 1.95 bits per heavy atom. The standard InChI is InChI=1S/C13H9BrF2N2O/c14-10-5-8(15)6-11(16)12(10)18-13(19)7-2-1-3-9(17)4-7/h1-6H,17H2,(H,18,19). The van der Waals surface area contributed by atoms with E-state index in [4.69, 9.17) is 5.73 Å². The van der Waals surface area contributed by atoms with Gasteiger partial charge in [-0.25, -0.2) is 8.78 Å². The van der Waals surface area contributed by atoms with Crippen LogP contribution in [0.1, 0.15) is 10.4 Å². The van der Waals surface area contributed by atoms with E-state index in [-0.39, 0.29) is 15.7 Å². The molecule has 2 rings (SSSR count). The summed E-state index contributed by atoms with van der Waals surface area (Å²) in [5.74, 6) is -2.12. The van der Waals surface area contributed by atoms with Gasteiger partial charge in [-0.05, 0) is 40.2 Å². The lowest BCUT2D eigenvalue weighted by molar-refractivity contribution is 0.102. The first kappa shape index (κ1) is 13.5. The number of nitrogens with one attached hydrogen (secondary N) is 1. The number of carbonyl (C=O) groups is 1. The summed E-state index contributed by atoms with van der Waals surface area (Å²) < 4.78 is 26.6. The zero-order chi connectivity index (χ0) is 14.0. The van der Waals surface area contributed by atoms with Crippen molar-refractivity contribution in [2.24, 2.45) is 0 Å². The van der Waals surface area contributed by atoms with E-state index in [1.807, 2.05) is 0 Å². The van der Waals surface area contributed by atoms with E-state index < -0.39 is 17.5 Å². The molecule has 3 N–H and O–H groups in total. The van der Waals surface area contributed by atoms with Crippen LogP contribution in [0.25, 0.3) is 0 Å². The summed E-state index contributed by atoms with van der Waals surface area (Å²) in [5.41, 5.74) is 6.15. The summed E-state index contributed by atoms with van der Waals surface area (Å²) in [4.78, 5) is 11.9. The molecule has 0 aliphatic carbocycles. The Kier molecular flexibility index (Phi) is 3.80.